The number of rotatable bonds is 2. The zero-order valence-electron chi connectivity index (χ0n) is 14.2. The molecule has 4 rings (SSSR count). The maximum absolute atomic E-state index is 14.4. The summed E-state index contributed by atoms with van der Waals surface area (Å²) in [5, 5.41) is 2.59. The Morgan fingerprint density at radius 2 is 1.96 bits per heavy atom. The van der Waals surface area contributed by atoms with E-state index in [1.54, 1.807) is 12.1 Å². The summed E-state index contributed by atoms with van der Waals surface area (Å²) < 4.78 is 15.6. The summed E-state index contributed by atoms with van der Waals surface area (Å²) in [5.41, 5.74) is 2.03. The molecule has 1 atom stereocenters. The van der Waals surface area contributed by atoms with Crippen molar-refractivity contribution in [3.05, 3.63) is 89.8 Å². The summed E-state index contributed by atoms with van der Waals surface area (Å²) in [6.07, 6.45) is 2.97. The number of carbonyl (C=O) groups excluding carboxylic acids is 2. The first kappa shape index (κ1) is 16.8. The first-order valence-corrected chi connectivity index (χ1v) is 8.36. The lowest BCUT2D eigenvalue weighted by atomic mass is 9.95. The van der Waals surface area contributed by atoms with E-state index in [0.29, 0.717) is 11.3 Å². The van der Waals surface area contributed by atoms with Crippen LogP contribution >= 0.6 is 0 Å². The Kier molecular flexibility index (Phi) is 4.33. The SMILES string of the molecule is O=C1Cc2c(F)cccc2C(c2ccccc2)=N[C@@H]1NC(=O)n1ccnc1. The van der Waals surface area contributed by atoms with Crippen molar-refractivity contribution >= 4 is 17.5 Å². The van der Waals surface area contributed by atoms with Gasteiger partial charge in [-0.25, -0.2) is 14.2 Å². The average Bonchev–Trinajstić information content (AvgIpc) is 3.18. The van der Waals surface area contributed by atoms with E-state index < -0.39 is 18.0 Å². The van der Waals surface area contributed by atoms with Gasteiger partial charge in [0.05, 0.1) is 5.71 Å². The van der Waals surface area contributed by atoms with E-state index in [1.165, 1.54) is 29.4 Å². The molecule has 0 saturated heterocycles. The number of amides is 1. The molecule has 27 heavy (non-hydrogen) atoms. The van der Waals surface area contributed by atoms with Crippen LogP contribution in [0.25, 0.3) is 0 Å². The van der Waals surface area contributed by atoms with Gasteiger partial charge < -0.3 is 5.32 Å². The average molecular weight is 362 g/mol. The molecule has 0 aliphatic carbocycles. The number of aliphatic imine (C=N–C) groups is 1. The summed E-state index contributed by atoms with van der Waals surface area (Å²) in [6, 6.07) is 13.3. The predicted molar refractivity (Wildman–Crippen MR) is 97.1 cm³/mol. The van der Waals surface area contributed by atoms with E-state index >= 15 is 0 Å². The highest BCUT2D eigenvalue weighted by Crippen LogP contribution is 2.23. The van der Waals surface area contributed by atoms with Gasteiger partial charge in [-0.15, -0.1) is 0 Å². The highest BCUT2D eigenvalue weighted by molar-refractivity contribution is 6.16. The van der Waals surface area contributed by atoms with Crippen LogP contribution in [0.1, 0.15) is 16.7 Å². The number of hydrogen-bond acceptors (Lipinski definition) is 4. The number of fused-ring (bicyclic) bond motifs is 1. The van der Waals surface area contributed by atoms with Crippen molar-refractivity contribution in [2.75, 3.05) is 0 Å². The van der Waals surface area contributed by atoms with Gasteiger partial charge in [0.1, 0.15) is 12.1 Å². The molecule has 134 valence electrons. The molecule has 7 heteroatoms. The molecule has 0 spiro atoms. The third-order valence-corrected chi connectivity index (χ3v) is 4.33. The molecule has 1 amide bonds. The summed E-state index contributed by atoms with van der Waals surface area (Å²) >= 11 is 0. The van der Waals surface area contributed by atoms with Crippen LogP contribution in [0.3, 0.4) is 0 Å². The van der Waals surface area contributed by atoms with E-state index in [4.69, 9.17) is 0 Å². The molecule has 1 N–H and O–H groups in total. The summed E-state index contributed by atoms with van der Waals surface area (Å²) in [7, 11) is 0. The summed E-state index contributed by atoms with van der Waals surface area (Å²) in [5.74, 6) is -0.855. The second-order valence-corrected chi connectivity index (χ2v) is 6.07. The van der Waals surface area contributed by atoms with E-state index in [1.807, 2.05) is 30.3 Å². The molecule has 0 unspecified atom stereocenters. The number of nitrogens with zero attached hydrogens (tertiary/aromatic N) is 3. The lowest BCUT2D eigenvalue weighted by Gasteiger charge is -2.13. The molecule has 0 radical (unpaired) electrons. The number of aromatic nitrogens is 2. The van der Waals surface area contributed by atoms with Crippen molar-refractivity contribution in [3.63, 3.8) is 0 Å². The van der Waals surface area contributed by atoms with Gasteiger partial charge in [0, 0.05) is 35.5 Å². The van der Waals surface area contributed by atoms with Crippen LogP contribution in [0.15, 0.2) is 72.2 Å². The molecule has 3 aromatic rings. The van der Waals surface area contributed by atoms with Crippen LogP contribution < -0.4 is 5.32 Å². The van der Waals surface area contributed by atoms with Crippen molar-refractivity contribution in [2.24, 2.45) is 4.99 Å². The minimum Gasteiger partial charge on any atom is -0.309 e. The molecular formula is C20H15FN4O2. The number of nitrogens with one attached hydrogen (secondary N) is 1. The van der Waals surface area contributed by atoms with Crippen LogP contribution in [0.2, 0.25) is 0 Å². The predicted octanol–water partition coefficient (Wildman–Crippen LogP) is 2.57. The van der Waals surface area contributed by atoms with E-state index in [0.717, 1.165) is 5.56 Å². The number of carbonyl (C=O) groups is 2. The van der Waals surface area contributed by atoms with Gasteiger partial charge in [-0.05, 0) is 6.07 Å². The van der Waals surface area contributed by atoms with Crippen LogP contribution in [0.5, 0.6) is 0 Å². The smallest absolute Gasteiger partial charge is 0.309 e. The third-order valence-electron chi connectivity index (χ3n) is 4.33. The van der Waals surface area contributed by atoms with Crippen molar-refractivity contribution in [1.82, 2.24) is 14.9 Å². The van der Waals surface area contributed by atoms with E-state index in [9.17, 15) is 14.0 Å². The van der Waals surface area contributed by atoms with Gasteiger partial charge in [0.25, 0.3) is 0 Å². The monoisotopic (exact) mass is 362 g/mol. The number of hydrogen-bond donors (Lipinski definition) is 1. The minimum absolute atomic E-state index is 0.156. The highest BCUT2D eigenvalue weighted by Gasteiger charge is 2.29. The van der Waals surface area contributed by atoms with Crippen LogP contribution in [-0.4, -0.2) is 33.2 Å². The maximum Gasteiger partial charge on any atom is 0.328 e. The molecule has 2 heterocycles. The second kappa shape index (κ2) is 6.95. The number of imidazole rings is 1. The number of benzene rings is 2. The lowest BCUT2D eigenvalue weighted by molar-refractivity contribution is -0.120. The molecule has 0 fully saturated rings. The normalized spacial score (nSPS) is 16.3. The zero-order valence-corrected chi connectivity index (χ0v) is 14.2. The molecule has 0 saturated carbocycles. The first-order chi connectivity index (χ1) is 13.1. The van der Waals surface area contributed by atoms with Crippen molar-refractivity contribution in [1.29, 1.82) is 0 Å². The Balaban J connectivity index is 1.79. The van der Waals surface area contributed by atoms with E-state index in [2.05, 4.69) is 15.3 Å². The van der Waals surface area contributed by atoms with E-state index in [-0.39, 0.29) is 17.8 Å². The highest BCUT2D eigenvalue weighted by atomic mass is 19.1. The molecule has 1 aliphatic rings. The largest absolute Gasteiger partial charge is 0.328 e. The molecule has 1 aliphatic heterocycles. The first-order valence-electron chi connectivity index (χ1n) is 8.36. The van der Waals surface area contributed by atoms with Crippen molar-refractivity contribution < 1.29 is 14.0 Å². The van der Waals surface area contributed by atoms with Crippen molar-refractivity contribution in [3.8, 4) is 0 Å². The van der Waals surface area contributed by atoms with Crippen molar-refractivity contribution in [2.45, 2.75) is 12.6 Å². The second-order valence-electron chi connectivity index (χ2n) is 6.07. The number of halogens is 1. The van der Waals surface area contributed by atoms with Crippen LogP contribution in [-0.2, 0) is 11.2 Å². The van der Waals surface area contributed by atoms with Gasteiger partial charge >= 0.3 is 6.03 Å². The molecule has 1 aromatic heterocycles. The van der Waals surface area contributed by atoms with Crippen LogP contribution in [0.4, 0.5) is 9.18 Å². The minimum atomic E-state index is -1.12. The molecular weight excluding hydrogens is 347 g/mol. The van der Waals surface area contributed by atoms with Gasteiger partial charge in [-0.1, -0.05) is 42.5 Å². The molecule has 6 nitrogen and oxygen atoms in total. The summed E-state index contributed by atoms with van der Waals surface area (Å²) in [6.45, 7) is 0. The van der Waals surface area contributed by atoms with Gasteiger partial charge in [-0.2, -0.15) is 0 Å². The zero-order chi connectivity index (χ0) is 18.8. The van der Waals surface area contributed by atoms with Gasteiger partial charge in [-0.3, -0.25) is 14.4 Å². The van der Waals surface area contributed by atoms with Crippen LogP contribution in [0, 0.1) is 5.82 Å². The Morgan fingerprint density at radius 1 is 1.15 bits per heavy atom. The lowest BCUT2D eigenvalue weighted by Crippen LogP contribution is -2.42. The maximum atomic E-state index is 14.4. The fraction of sp³-hybridized carbons (Fsp3) is 0.100. The topological polar surface area (TPSA) is 76.3 Å². The third kappa shape index (κ3) is 3.27. The number of ketones is 1. The fourth-order valence-corrected chi connectivity index (χ4v) is 3.01. The van der Waals surface area contributed by atoms with Gasteiger partial charge in [0.15, 0.2) is 11.9 Å². The van der Waals surface area contributed by atoms with Gasteiger partial charge in [0.2, 0.25) is 0 Å². The fourth-order valence-electron chi connectivity index (χ4n) is 3.01. The Bertz CT molecular complexity index is 1030. The number of Topliss-reactive ketones (excluding diaryl/α,β-unsaturated/α-hetero) is 1. The molecule has 2 aromatic carbocycles. The quantitative estimate of drug-likeness (QED) is 0.761. The standard InChI is InChI=1S/C20H15FN4O2/c21-16-8-4-7-14-15(16)11-17(26)19(24-20(27)25-10-9-22-12-25)23-18(14)13-5-2-1-3-6-13/h1-10,12,19H,11H2,(H,24,27)/t19-/m1/s1. The Morgan fingerprint density at radius 3 is 2.70 bits per heavy atom. The Labute approximate surface area is 154 Å². The summed E-state index contributed by atoms with van der Waals surface area (Å²) in [4.78, 5) is 33.3. The molecule has 0 bridgehead atoms. The Hall–Kier alpha value is -3.61.